The van der Waals surface area contributed by atoms with Gasteiger partial charge in [-0.15, -0.1) is 0 Å². The summed E-state index contributed by atoms with van der Waals surface area (Å²) in [7, 11) is -2.74. The van der Waals surface area contributed by atoms with Gasteiger partial charge in [0.05, 0.1) is 5.75 Å². The van der Waals surface area contributed by atoms with Gasteiger partial charge >= 0.3 is 0 Å². The van der Waals surface area contributed by atoms with Crippen LogP contribution in [0.5, 0.6) is 0 Å². The molecule has 0 saturated heterocycles. The van der Waals surface area contributed by atoms with Gasteiger partial charge in [-0.1, -0.05) is 0 Å². The Hall–Kier alpha value is 0.300. The fourth-order valence-electron chi connectivity index (χ4n) is 0.327. The molecule has 0 N–H and O–H groups in total. The van der Waals surface area contributed by atoms with Crippen molar-refractivity contribution in [2.24, 2.45) is 0 Å². The normalized spacial score (nSPS) is 11.8. The molecule has 0 aliphatic carbocycles. The molecule has 0 spiro atoms. The standard InChI is InChI=1S/C4H10O2S2/c1-8(5,6)4-2-3-7/h7H,2-4H2,1H3. The molecule has 0 bridgehead atoms. The topological polar surface area (TPSA) is 34.1 Å². The number of sulfone groups is 1. The van der Waals surface area contributed by atoms with Crippen LogP contribution in [0.1, 0.15) is 6.42 Å². The van der Waals surface area contributed by atoms with Crippen LogP contribution in [0.15, 0.2) is 0 Å². The second-order valence-electron chi connectivity index (χ2n) is 1.71. The highest BCUT2D eigenvalue weighted by Gasteiger charge is 1.97. The van der Waals surface area contributed by atoms with Crippen LogP contribution in [0.4, 0.5) is 0 Å². The average Bonchev–Trinajstić information content (AvgIpc) is 1.59. The predicted octanol–water partition coefficient (Wildman–Crippen LogP) is 0.351. The first-order valence-electron chi connectivity index (χ1n) is 2.35. The second kappa shape index (κ2) is 3.35. The van der Waals surface area contributed by atoms with Crippen molar-refractivity contribution in [3.8, 4) is 0 Å². The molecular weight excluding hydrogens is 144 g/mol. The number of thiol groups is 1. The average molecular weight is 154 g/mol. The van der Waals surface area contributed by atoms with E-state index in [0.717, 1.165) is 0 Å². The van der Waals surface area contributed by atoms with E-state index in [1.165, 1.54) is 6.26 Å². The van der Waals surface area contributed by atoms with Gasteiger partial charge in [-0.25, -0.2) is 8.42 Å². The maximum Gasteiger partial charge on any atom is 0.147 e. The molecule has 50 valence electrons. The Morgan fingerprint density at radius 3 is 2.12 bits per heavy atom. The second-order valence-corrected chi connectivity index (χ2v) is 4.41. The van der Waals surface area contributed by atoms with Crippen molar-refractivity contribution in [2.45, 2.75) is 6.42 Å². The number of hydrogen-bond acceptors (Lipinski definition) is 3. The molecule has 0 aliphatic heterocycles. The summed E-state index contributed by atoms with van der Waals surface area (Å²) in [5.74, 6) is 0.906. The summed E-state index contributed by atoms with van der Waals surface area (Å²) in [4.78, 5) is 0. The lowest BCUT2D eigenvalue weighted by atomic mass is 10.6. The van der Waals surface area contributed by atoms with Crippen LogP contribution in [0.2, 0.25) is 0 Å². The molecule has 0 atom stereocenters. The third kappa shape index (κ3) is 6.30. The van der Waals surface area contributed by atoms with E-state index in [2.05, 4.69) is 12.6 Å². The Kier molecular flexibility index (Phi) is 3.48. The summed E-state index contributed by atoms with van der Waals surface area (Å²) in [5, 5.41) is 0. The Morgan fingerprint density at radius 2 is 2.00 bits per heavy atom. The largest absolute Gasteiger partial charge is 0.229 e. The Bertz CT molecular complexity index is 136. The number of rotatable bonds is 3. The maximum atomic E-state index is 10.4. The van der Waals surface area contributed by atoms with E-state index < -0.39 is 9.84 Å². The monoisotopic (exact) mass is 154 g/mol. The molecule has 4 heteroatoms. The molecule has 2 nitrogen and oxygen atoms in total. The molecule has 0 saturated carbocycles. The van der Waals surface area contributed by atoms with Gasteiger partial charge in [0.2, 0.25) is 0 Å². The van der Waals surface area contributed by atoms with Gasteiger partial charge in [0.15, 0.2) is 0 Å². The summed E-state index contributed by atoms with van der Waals surface area (Å²) in [6, 6.07) is 0. The lowest BCUT2D eigenvalue weighted by Crippen LogP contribution is -2.02. The smallest absolute Gasteiger partial charge is 0.147 e. The first-order valence-corrected chi connectivity index (χ1v) is 5.04. The van der Waals surface area contributed by atoms with Crippen molar-refractivity contribution in [1.29, 1.82) is 0 Å². The molecule has 8 heavy (non-hydrogen) atoms. The van der Waals surface area contributed by atoms with E-state index in [1.807, 2.05) is 0 Å². The molecule has 0 rings (SSSR count). The van der Waals surface area contributed by atoms with E-state index in [-0.39, 0.29) is 5.75 Å². The van der Waals surface area contributed by atoms with Crippen LogP contribution in [0, 0.1) is 0 Å². The zero-order chi connectivity index (χ0) is 6.62. The molecule has 0 fully saturated rings. The minimum atomic E-state index is -2.74. The van der Waals surface area contributed by atoms with Crippen LogP contribution in [0.3, 0.4) is 0 Å². The summed E-state index contributed by atoms with van der Waals surface area (Å²) in [6.45, 7) is 0. The minimum Gasteiger partial charge on any atom is -0.229 e. The van der Waals surface area contributed by atoms with Crippen LogP contribution >= 0.6 is 12.6 Å². The maximum absolute atomic E-state index is 10.4. The number of hydrogen-bond donors (Lipinski definition) is 1. The first-order chi connectivity index (χ1) is 3.56. The SMILES string of the molecule is CS(=O)(=O)CCCS. The van der Waals surface area contributed by atoms with Gasteiger partial charge in [-0.2, -0.15) is 12.6 Å². The molecule has 0 aromatic rings. The highest BCUT2D eigenvalue weighted by Crippen LogP contribution is 1.89. The quantitative estimate of drug-likeness (QED) is 0.595. The van der Waals surface area contributed by atoms with E-state index in [4.69, 9.17) is 0 Å². The van der Waals surface area contributed by atoms with Crippen molar-refractivity contribution in [3.63, 3.8) is 0 Å². The molecule has 0 amide bonds. The predicted molar refractivity (Wildman–Crippen MR) is 38.2 cm³/mol. The van der Waals surface area contributed by atoms with Gasteiger partial charge < -0.3 is 0 Å². The highest BCUT2D eigenvalue weighted by molar-refractivity contribution is 7.90. The lowest BCUT2D eigenvalue weighted by molar-refractivity contribution is 0.600. The molecule has 0 aromatic carbocycles. The van der Waals surface area contributed by atoms with Crippen molar-refractivity contribution >= 4 is 22.5 Å². The van der Waals surface area contributed by atoms with E-state index in [9.17, 15) is 8.42 Å². The van der Waals surface area contributed by atoms with Crippen LogP contribution in [-0.4, -0.2) is 26.2 Å². The molecule has 0 aromatic heterocycles. The Morgan fingerprint density at radius 1 is 1.50 bits per heavy atom. The summed E-state index contributed by atoms with van der Waals surface area (Å²) in [6.07, 6.45) is 1.89. The van der Waals surface area contributed by atoms with Crippen molar-refractivity contribution in [2.75, 3.05) is 17.8 Å². The van der Waals surface area contributed by atoms with Crippen LogP contribution in [0.25, 0.3) is 0 Å². The molecule has 0 aliphatic rings. The third-order valence-corrected chi connectivity index (χ3v) is 2.02. The van der Waals surface area contributed by atoms with Gasteiger partial charge in [0.25, 0.3) is 0 Å². The summed E-state index contributed by atoms with van der Waals surface area (Å²) >= 11 is 3.87. The molecule has 0 radical (unpaired) electrons. The molecule has 0 unspecified atom stereocenters. The summed E-state index contributed by atoms with van der Waals surface area (Å²) in [5.41, 5.74) is 0. The Balaban J connectivity index is 3.42. The van der Waals surface area contributed by atoms with Crippen molar-refractivity contribution in [3.05, 3.63) is 0 Å². The third-order valence-electron chi connectivity index (χ3n) is 0.673. The zero-order valence-electron chi connectivity index (χ0n) is 4.79. The van der Waals surface area contributed by atoms with Crippen molar-refractivity contribution < 1.29 is 8.42 Å². The molecular formula is C4H10O2S2. The molecule has 0 heterocycles. The zero-order valence-corrected chi connectivity index (χ0v) is 6.50. The fourth-order valence-corrected chi connectivity index (χ4v) is 1.37. The van der Waals surface area contributed by atoms with Gasteiger partial charge in [-0.3, -0.25) is 0 Å². The van der Waals surface area contributed by atoms with Gasteiger partial charge in [-0.05, 0) is 12.2 Å². The van der Waals surface area contributed by atoms with E-state index in [1.54, 1.807) is 0 Å². The first kappa shape index (κ1) is 8.30. The van der Waals surface area contributed by atoms with E-state index in [0.29, 0.717) is 12.2 Å². The van der Waals surface area contributed by atoms with Gasteiger partial charge in [0, 0.05) is 6.26 Å². The van der Waals surface area contributed by atoms with Crippen LogP contribution < -0.4 is 0 Å². The van der Waals surface area contributed by atoms with E-state index >= 15 is 0 Å². The lowest BCUT2D eigenvalue weighted by Gasteiger charge is -1.90. The fraction of sp³-hybridized carbons (Fsp3) is 1.00. The Labute approximate surface area is 55.6 Å². The van der Waals surface area contributed by atoms with Gasteiger partial charge in [0.1, 0.15) is 9.84 Å². The highest BCUT2D eigenvalue weighted by atomic mass is 32.2. The van der Waals surface area contributed by atoms with Crippen LogP contribution in [-0.2, 0) is 9.84 Å². The minimum absolute atomic E-state index is 0.260. The van der Waals surface area contributed by atoms with Crippen molar-refractivity contribution in [1.82, 2.24) is 0 Å². The summed E-state index contributed by atoms with van der Waals surface area (Å²) < 4.78 is 20.7.